The standard InChI is InChI=1S/C12H22O4S/c1-3-10-6-4-5-7-11(10)17(15,16)8-9(2)12(13)14/h9-11H,3-8H2,1-2H3,(H,13,14). The fraction of sp³-hybridized carbons (Fsp3) is 0.917. The van der Waals surface area contributed by atoms with Crippen LogP contribution in [0.4, 0.5) is 0 Å². The van der Waals surface area contributed by atoms with E-state index in [4.69, 9.17) is 5.11 Å². The van der Waals surface area contributed by atoms with E-state index < -0.39 is 21.7 Å². The Morgan fingerprint density at radius 2 is 1.94 bits per heavy atom. The first kappa shape index (κ1) is 14.5. The van der Waals surface area contributed by atoms with Crippen molar-refractivity contribution in [2.45, 2.75) is 51.2 Å². The van der Waals surface area contributed by atoms with Crippen LogP contribution in [-0.4, -0.2) is 30.5 Å². The molecule has 0 aromatic rings. The fourth-order valence-corrected chi connectivity index (χ4v) is 5.18. The van der Waals surface area contributed by atoms with Crippen LogP contribution in [0, 0.1) is 11.8 Å². The van der Waals surface area contributed by atoms with Crippen LogP contribution >= 0.6 is 0 Å². The van der Waals surface area contributed by atoms with Gasteiger partial charge >= 0.3 is 5.97 Å². The van der Waals surface area contributed by atoms with Gasteiger partial charge in [0.2, 0.25) is 0 Å². The van der Waals surface area contributed by atoms with Gasteiger partial charge in [0.1, 0.15) is 0 Å². The molecule has 1 fully saturated rings. The Morgan fingerprint density at radius 1 is 1.35 bits per heavy atom. The third kappa shape index (κ3) is 3.69. The molecule has 0 aromatic carbocycles. The van der Waals surface area contributed by atoms with Crippen molar-refractivity contribution in [1.82, 2.24) is 0 Å². The first-order chi connectivity index (χ1) is 7.88. The molecule has 4 nitrogen and oxygen atoms in total. The number of hydrogen-bond donors (Lipinski definition) is 1. The molecule has 0 aromatic heterocycles. The second-order valence-corrected chi connectivity index (χ2v) is 7.32. The summed E-state index contributed by atoms with van der Waals surface area (Å²) in [6, 6.07) is 0. The van der Waals surface area contributed by atoms with Crippen molar-refractivity contribution in [3.05, 3.63) is 0 Å². The number of aliphatic carboxylic acids is 1. The van der Waals surface area contributed by atoms with Crippen molar-refractivity contribution in [2.75, 3.05) is 5.75 Å². The lowest BCUT2D eigenvalue weighted by Gasteiger charge is -2.30. The Labute approximate surface area is 103 Å². The minimum atomic E-state index is -3.27. The van der Waals surface area contributed by atoms with Gasteiger partial charge in [-0.25, -0.2) is 8.42 Å². The lowest BCUT2D eigenvalue weighted by Crippen LogP contribution is -2.36. The first-order valence-corrected chi connectivity index (χ1v) is 8.04. The first-order valence-electron chi connectivity index (χ1n) is 6.32. The van der Waals surface area contributed by atoms with Gasteiger partial charge in [0.05, 0.1) is 16.9 Å². The highest BCUT2D eigenvalue weighted by atomic mass is 32.2. The Bertz CT molecular complexity index is 361. The smallest absolute Gasteiger partial charge is 0.307 e. The van der Waals surface area contributed by atoms with Gasteiger partial charge in [0.15, 0.2) is 9.84 Å². The maximum atomic E-state index is 12.2. The average Bonchev–Trinajstić information content (AvgIpc) is 2.28. The predicted octanol–water partition coefficient (Wildman–Crippen LogP) is 2.09. The minimum absolute atomic E-state index is 0.217. The lowest BCUT2D eigenvalue weighted by atomic mass is 9.87. The maximum Gasteiger partial charge on any atom is 0.307 e. The second-order valence-electron chi connectivity index (χ2n) is 5.06. The van der Waals surface area contributed by atoms with Gasteiger partial charge < -0.3 is 5.11 Å². The van der Waals surface area contributed by atoms with Gasteiger partial charge in [-0.1, -0.05) is 33.1 Å². The number of carbonyl (C=O) groups is 1. The van der Waals surface area contributed by atoms with Crippen molar-refractivity contribution in [2.24, 2.45) is 11.8 Å². The van der Waals surface area contributed by atoms with Crippen LogP contribution in [-0.2, 0) is 14.6 Å². The van der Waals surface area contributed by atoms with Gasteiger partial charge in [-0.15, -0.1) is 0 Å². The van der Waals surface area contributed by atoms with Crippen LogP contribution in [0.2, 0.25) is 0 Å². The van der Waals surface area contributed by atoms with E-state index in [2.05, 4.69) is 0 Å². The quantitative estimate of drug-likeness (QED) is 0.823. The molecule has 3 atom stereocenters. The zero-order valence-corrected chi connectivity index (χ0v) is 11.4. The summed E-state index contributed by atoms with van der Waals surface area (Å²) in [6.07, 6.45) is 4.57. The number of rotatable bonds is 5. The molecule has 17 heavy (non-hydrogen) atoms. The van der Waals surface area contributed by atoms with E-state index in [-0.39, 0.29) is 16.9 Å². The molecule has 0 bridgehead atoms. The van der Waals surface area contributed by atoms with Gasteiger partial charge in [-0.05, 0) is 18.8 Å². The van der Waals surface area contributed by atoms with Crippen LogP contribution in [0.5, 0.6) is 0 Å². The molecule has 100 valence electrons. The van der Waals surface area contributed by atoms with E-state index in [1.807, 2.05) is 6.92 Å². The normalized spacial score (nSPS) is 27.6. The van der Waals surface area contributed by atoms with E-state index in [9.17, 15) is 13.2 Å². The molecule has 3 unspecified atom stereocenters. The van der Waals surface area contributed by atoms with Crippen molar-refractivity contribution in [3.63, 3.8) is 0 Å². The summed E-state index contributed by atoms with van der Waals surface area (Å²) in [7, 11) is -3.27. The summed E-state index contributed by atoms with van der Waals surface area (Å²) in [6.45, 7) is 3.47. The zero-order valence-electron chi connectivity index (χ0n) is 10.6. The number of sulfone groups is 1. The van der Waals surface area contributed by atoms with Gasteiger partial charge in [0.25, 0.3) is 0 Å². The summed E-state index contributed by atoms with van der Waals surface area (Å²) >= 11 is 0. The van der Waals surface area contributed by atoms with E-state index >= 15 is 0 Å². The van der Waals surface area contributed by atoms with Crippen molar-refractivity contribution >= 4 is 15.8 Å². The minimum Gasteiger partial charge on any atom is -0.481 e. The maximum absolute atomic E-state index is 12.2. The number of carboxylic acid groups (broad SMARTS) is 1. The summed E-state index contributed by atoms with van der Waals surface area (Å²) in [5.74, 6) is -1.84. The van der Waals surface area contributed by atoms with Crippen molar-refractivity contribution in [3.8, 4) is 0 Å². The molecule has 0 heterocycles. The molecular weight excluding hydrogens is 240 g/mol. The number of hydrogen-bond acceptors (Lipinski definition) is 3. The third-order valence-electron chi connectivity index (χ3n) is 3.73. The van der Waals surface area contributed by atoms with E-state index in [1.54, 1.807) is 0 Å². The molecule has 0 aliphatic heterocycles. The molecule has 1 aliphatic carbocycles. The molecule has 0 radical (unpaired) electrons. The highest BCUT2D eigenvalue weighted by molar-refractivity contribution is 7.92. The summed E-state index contributed by atoms with van der Waals surface area (Å²) < 4.78 is 24.4. The molecule has 5 heteroatoms. The Kier molecular flexibility index (Phi) is 4.98. The highest BCUT2D eigenvalue weighted by Crippen LogP contribution is 2.32. The molecule has 0 saturated heterocycles. The molecule has 0 amide bonds. The van der Waals surface area contributed by atoms with E-state index in [0.29, 0.717) is 6.42 Å². The van der Waals surface area contributed by atoms with Crippen molar-refractivity contribution < 1.29 is 18.3 Å². The van der Waals surface area contributed by atoms with Crippen LogP contribution in [0.3, 0.4) is 0 Å². The topological polar surface area (TPSA) is 71.4 Å². The predicted molar refractivity (Wildman–Crippen MR) is 66.6 cm³/mol. The second kappa shape index (κ2) is 5.85. The summed E-state index contributed by atoms with van der Waals surface area (Å²) in [4.78, 5) is 10.7. The molecular formula is C12H22O4S. The van der Waals surface area contributed by atoms with Crippen LogP contribution < -0.4 is 0 Å². The summed E-state index contributed by atoms with van der Waals surface area (Å²) in [5.41, 5.74) is 0. The molecule has 1 N–H and O–H groups in total. The molecule has 0 spiro atoms. The van der Waals surface area contributed by atoms with Crippen LogP contribution in [0.15, 0.2) is 0 Å². The van der Waals surface area contributed by atoms with E-state index in [1.165, 1.54) is 6.92 Å². The average molecular weight is 262 g/mol. The Balaban J connectivity index is 2.77. The van der Waals surface area contributed by atoms with Crippen molar-refractivity contribution in [1.29, 1.82) is 0 Å². The zero-order chi connectivity index (χ0) is 13.1. The molecule has 1 saturated carbocycles. The third-order valence-corrected chi connectivity index (χ3v) is 6.24. The molecule has 1 aliphatic rings. The molecule has 1 rings (SSSR count). The fourth-order valence-electron chi connectivity index (χ4n) is 2.66. The SMILES string of the molecule is CCC1CCCCC1S(=O)(=O)CC(C)C(=O)O. The lowest BCUT2D eigenvalue weighted by molar-refractivity contribution is -0.140. The van der Waals surface area contributed by atoms with Gasteiger partial charge in [-0.2, -0.15) is 0 Å². The monoisotopic (exact) mass is 262 g/mol. The number of carboxylic acids is 1. The van der Waals surface area contributed by atoms with Gasteiger partial charge in [-0.3, -0.25) is 4.79 Å². The van der Waals surface area contributed by atoms with Crippen LogP contribution in [0.1, 0.15) is 46.0 Å². The van der Waals surface area contributed by atoms with Gasteiger partial charge in [0, 0.05) is 0 Å². The largest absolute Gasteiger partial charge is 0.481 e. The highest BCUT2D eigenvalue weighted by Gasteiger charge is 2.36. The van der Waals surface area contributed by atoms with Crippen LogP contribution in [0.25, 0.3) is 0 Å². The Hall–Kier alpha value is -0.580. The Morgan fingerprint density at radius 3 is 2.47 bits per heavy atom. The summed E-state index contributed by atoms with van der Waals surface area (Å²) in [5, 5.41) is 8.49. The van der Waals surface area contributed by atoms with E-state index in [0.717, 1.165) is 25.7 Å².